The van der Waals surface area contributed by atoms with Crippen LogP contribution in [-0.4, -0.2) is 57.2 Å². The van der Waals surface area contributed by atoms with Gasteiger partial charge in [-0.15, -0.1) is 0 Å². The van der Waals surface area contributed by atoms with Crippen molar-refractivity contribution in [1.29, 1.82) is 0 Å². The second-order valence-corrected chi connectivity index (χ2v) is 6.40. The average Bonchev–Trinajstić information content (AvgIpc) is 2.62. The zero-order valence-electron chi connectivity index (χ0n) is 15.3. The molecule has 1 aromatic carbocycles. The highest BCUT2D eigenvalue weighted by Crippen LogP contribution is 2.15. The number of likely N-dealkylation sites (tertiary alicyclic amines) is 1. The topological polar surface area (TPSA) is 48.9 Å². The molecule has 24 heavy (non-hydrogen) atoms. The Hall–Kier alpha value is -1.75. The summed E-state index contributed by atoms with van der Waals surface area (Å²) >= 11 is 0. The van der Waals surface area contributed by atoms with Crippen molar-refractivity contribution in [2.24, 2.45) is 4.99 Å². The van der Waals surface area contributed by atoms with Gasteiger partial charge >= 0.3 is 0 Å². The van der Waals surface area contributed by atoms with Crippen LogP contribution in [0.4, 0.5) is 0 Å². The number of benzene rings is 1. The molecule has 1 aromatic rings. The first kappa shape index (κ1) is 18.6. The maximum Gasteiger partial charge on any atom is 0.191 e. The minimum absolute atomic E-state index is 0.714. The van der Waals surface area contributed by atoms with Crippen LogP contribution in [0, 0.1) is 0 Å². The number of piperidine rings is 1. The van der Waals surface area contributed by atoms with Gasteiger partial charge in [-0.1, -0.05) is 18.6 Å². The number of nitrogens with one attached hydrogen (secondary N) is 2. The SMILES string of the molecule is CN=C(NCCc1ccc(OC)cc1)NCCN1CCCCC1C. The van der Waals surface area contributed by atoms with Crippen LogP contribution in [0.2, 0.25) is 0 Å². The molecule has 0 bridgehead atoms. The number of hydrogen-bond donors (Lipinski definition) is 2. The first-order valence-electron chi connectivity index (χ1n) is 9.04. The molecule has 0 saturated carbocycles. The van der Waals surface area contributed by atoms with Gasteiger partial charge in [0.1, 0.15) is 5.75 Å². The zero-order valence-corrected chi connectivity index (χ0v) is 15.3. The van der Waals surface area contributed by atoms with Crippen LogP contribution >= 0.6 is 0 Å². The predicted octanol–water partition coefficient (Wildman–Crippen LogP) is 2.28. The molecule has 1 atom stereocenters. The van der Waals surface area contributed by atoms with Gasteiger partial charge in [0.15, 0.2) is 5.96 Å². The van der Waals surface area contributed by atoms with E-state index in [4.69, 9.17) is 4.74 Å². The normalized spacial score (nSPS) is 19.1. The number of ether oxygens (including phenoxy) is 1. The van der Waals surface area contributed by atoms with E-state index in [2.05, 4.69) is 39.6 Å². The van der Waals surface area contributed by atoms with Crippen LogP contribution in [-0.2, 0) is 6.42 Å². The quantitative estimate of drug-likeness (QED) is 0.594. The van der Waals surface area contributed by atoms with Gasteiger partial charge in [0.05, 0.1) is 7.11 Å². The van der Waals surface area contributed by atoms with Crippen LogP contribution in [0.15, 0.2) is 29.3 Å². The standard InChI is InChI=1S/C19H32N4O/c1-16-6-4-5-14-23(16)15-13-22-19(20-2)21-12-11-17-7-9-18(24-3)10-8-17/h7-10,16H,4-6,11-15H2,1-3H3,(H2,20,21,22). The number of aliphatic imine (C=N–C) groups is 1. The molecule has 2 rings (SSSR count). The Balaban J connectivity index is 1.64. The highest BCUT2D eigenvalue weighted by atomic mass is 16.5. The monoisotopic (exact) mass is 332 g/mol. The van der Waals surface area contributed by atoms with Crippen molar-refractivity contribution in [3.8, 4) is 5.75 Å². The second-order valence-electron chi connectivity index (χ2n) is 6.40. The fourth-order valence-electron chi connectivity index (χ4n) is 3.15. The van der Waals surface area contributed by atoms with Crippen LogP contribution in [0.25, 0.3) is 0 Å². The molecular formula is C19H32N4O. The minimum Gasteiger partial charge on any atom is -0.497 e. The van der Waals surface area contributed by atoms with Crippen LogP contribution < -0.4 is 15.4 Å². The van der Waals surface area contributed by atoms with Crippen molar-refractivity contribution in [2.45, 2.75) is 38.6 Å². The summed E-state index contributed by atoms with van der Waals surface area (Å²) in [7, 11) is 3.52. The number of hydrogen-bond acceptors (Lipinski definition) is 3. The maximum atomic E-state index is 5.18. The van der Waals surface area contributed by atoms with E-state index in [1.165, 1.54) is 31.4 Å². The first-order chi connectivity index (χ1) is 11.7. The van der Waals surface area contributed by atoms with Gasteiger partial charge < -0.3 is 15.4 Å². The smallest absolute Gasteiger partial charge is 0.191 e. The van der Waals surface area contributed by atoms with Gasteiger partial charge in [-0.2, -0.15) is 0 Å². The molecule has 134 valence electrons. The summed E-state index contributed by atoms with van der Waals surface area (Å²) in [6, 6.07) is 8.93. The minimum atomic E-state index is 0.714. The number of rotatable bonds is 7. The van der Waals surface area contributed by atoms with Gasteiger partial charge in [-0.3, -0.25) is 9.89 Å². The third kappa shape index (κ3) is 6.04. The maximum absolute atomic E-state index is 5.18. The van der Waals surface area contributed by atoms with Gasteiger partial charge in [0.25, 0.3) is 0 Å². The predicted molar refractivity (Wildman–Crippen MR) is 101 cm³/mol. The van der Waals surface area contributed by atoms with Gasteiger partial charge in [-0.05, 0) is 50.4 Å². The molecular weight excluding hydrogens is 300 g/mol. The van der Waals surface area contributed by atoms with Crippen molar-refractivity contribution in [2.75, 3.05) is 40.3 Å². The molecule has 1 unspecified atom stereocenters. The van der Waals surface area contributed by atoms with E-state index in [-0.39, 0.29) is 0 Å². The fraction of sp³-hybridized carbons (Fsp3) is 0.632. The van der Waals surface area contributed by atoms with Crippen molar-refractivity contribution in [3.05, 3.63) is 29.8 Å². The Morgan fingerprint density at radius 1 is 1.21 bits per heavy atom. The molecule has 1 fully saturated rings. The van der Waals surface area contributed by atoms with Crippen molar-refractivity contribution < 1.29 is 4.74 Å². The number of nitrogens with zero attached hydrogens (tertiary/aromatic N) is 2. The fourth-order valence-corrected chi connectivity index (χ4v) is 3.15. The van der Waals surface area contributed by atoms with E-state index >= 15 is 0 Å². The largest absolute Gasteiger partial charge is 0.497 e. The Morgan fingerprint density at radius 2 is 1.96 bits per heavy atom. The van der Waals surface area contributed by atoms with E-state index in [0.717, 1.165) is 37.8 Å². The Morgan fingerprint density at radius 3 is 2.62 bits per heavy atom. The summed E-state index contributed by atoms with van der Waals surface area (Å²) in [5, 5.41) is 6.80. The molecule has 2 N–H and O–H groups in total. The van der Waals surface area contributed by atoms with Gasteiger partial charge in [0, 0.05) is 32.7 Å². The summed E-state index contributed by atoms with van der Waals surface area (Å²) in [6.07, 6.45) is 5.00. The molecule has 1 aliphatic heterocycles. The Bertz CT molecular complexity index is 501. The van der Waals surface area contributed by atoms with Gasteiger partial charge in [-0.25, -0.2) is 0 Å². The van der Waals surface area contributed by atoms with E-state index in [1.807, 2.05) is 19.2 Å². The van der Waals surface area contributed by atoms with Crippen LogP contribution in [0.3, 0.4) is 0 Å². The molecule has 1 heterocycles. The van der Waals surface area contributed by atoms with Crippen molar-refractivity contribution in [1.82, 2.24) is 15.5 Å². The number of guanidine groups is 1. The highest BCUT2D eigenvalue weighted by Gasteiger charge is 2.17. The third-order valence-corrected chi connectivity index (χ3v) is 4.72. The second kappa shape index (κ2) is 10.2. The van der Waals surface area contributed by atoms with Crippen molar-refractivity contribution >= 4 is 5.96 Å². The summed E-state index contributed by atoms with van der Waals surface area (Å²) < 4.78 is 5.18. The molecule has 1 saturated heterocycles. The van der Waals surface area contributed by atoms with E-state index in [1.54, 1.807) is 7.11 Å². The Labute approximate surface area is 146 Å². The van der Waals surface area contributed by atoms with Crippen LogP contribution in [0.5, 0.6) is 5.75 Å². The lowest BCUT2D eigenvalue weighted by Gasteiger charge is -2.33. The van der Waals surface area contributed by atoms with E-state index in [9.17, 15) is 0 Å². The Kier molecular flexibility index (Phi) is 7.89. The molecule has 0 aliphatic carbocycles. The third-order valence-electron chi connectivity index (χ3n) is 4.72. The zero-order chi connectivity index (χ0) is 17.2. The molecule has 0 spiro atoms. The van der Waals surface area contributed by atoms with Crippen molar-refractivity contribution in [3.63, 3.8) is 0 Å². The number of methoxy groups -OCH3 is 1. The van der Waals surface area contributed by atoms with E-state index < -0.39 is 0 Å². The summed E-state index contributed by atoms with van der Waals surface area (Å²) in [5.41, 5.74) is 1.29. The lowest BCUT2D eigenvalue weighted by atomic mass is 10.0. The van der Waals surface area contributed by atoms with Crippen LogP contribution in [0.1, 0.15) is 31.7 Å². The highest BCUT2D eigenvalue weighted by molar-refractivity contribution is 5.79. The summed E-state index contributed by atoms with van der Waals surface area (Å²) in [6.45, 7) is 6.45. The van der Waals surface area contributed by atoms with E-state index in [0.29, 0.717) is 6.04 Å². The lowest BCUT2D eigenvalue weighted by molar-refractivity contribution is 0.163. The molecule has 0 radical (unpaired) electrons. The molecule has 5 heteroatoms. The summed E-state index contributed by atoms with van der Waals surface area (Å²) in [4.78, 5) is 6.87. The molecule has 0 amide bonds. The lowest BCUT2D eigenvalue weighted by Crippen LogP contribution is -2.45. The summed E-state index contributed by atoms with van der Waals surface area (Å²) in [5.74, 6) is 1.78. The molecule has 5 nitrogen and oxygen atoms in total. The molecule has 1 aliphatic rings. The van der Waals surface area contributed by atoms with Gasteiger partial charge in [0.2, 0.25) is 0 Å². The average molecular weight is 332 g/mol. The first-order valence-corrected chi connectivity index (χ1v) is 9.04. The molecule has 0 aromatic heterocycles.